The van der Waals surface area contributed by atoms with Gasteiger partial charge in [-0.3, -0.25) is 4.79 Å². The number of ether oxygens (including phenoxy) is 2. The summed E-state index contributed by atoms with van der Waals surface area (Å²) in [7, 11) is 0. The Bertz CT molecular complexity index is 479. The number of hydrogen-bond donors (Lipinski definition) is 1. The van der Waals surface area contributed by atoms with Gasteiger partial charge in [-0.05, 0) is 12.1 Å². The fourth-order valence-electron chi connectivity index (χ4n) is 1.46. The molecule has 1 aliphatic rings. The lowest BCUT2D eigenvalue weighted by Crippen LogP contribution is -2.13. The highest BCUT2D eigenvalue weighted by Gasteiger charge is 2.27. The summed E-state index contributed by atoms with van der Waals surface area (Å²) in [6.45, 7) is 0.120. The predicted octanol–water partition coefficient (Wildman–Crippen LogP) is 3.00. The van der Waals surface area contributed by atoms with Crippen molar-refractivity contribution in [2.24, 2.45) is 0 Å². The Kier molecular flexibility index (Phi) is 4.08. The minimum absolute atomic E-state index is 0.120. The van der Waals surface area contributed by atoms with Crippen molar-refractivity contribution in [1.82, 2.24) is 0 Å². The molecule has 0 atom stereocenters. The number of carbonyl (C=O) groups excluding carboxylic acids is 1. The van der Waals surface area contributed by atoms with Crippen molar-refractivity contribution in [2.45, 2.75) is 11.9 Å². The summed E-state index contributed by atoms with van der Waals surface area (Å²) in [5, 5.41) is 2.50. The third-order valence-corrected chi connectivity index (χ3v) is 2.99. The summed E-state index contributed by atoms with van der Waals surface area (Å²) in [5.74, 6) is 0.295. The highest BCUT2D eigenvalue weighted by molar-refractivity contribution is 8.00. The van der Waals surface area contributed by atoms with Gasteiger partial charge in [-0.2, -0.15) is 13.2 Å². The zero-order valence-corrected chi connectivity index (χ0v) is 10.4. The number of alkyl halides is 3. The number of amides is 1. The SMILES string of the molecule is O=C(CCSC(F)(F)F)Nc1ccc2c(c1)OCO2. The average Bonchev–Trinajstić information content (AvgIpc) is 2.74. The first-order valence-corrected chi connectivity index (χ1v) is 6.33. The lowest BCUT2D eigenvalue weighted by Gasteiger charge is -2.07. The summed E-state index contributed by atoms with van der Waals surface area (Å²) in [6, 6.07) is 4.79. The normalized spacial score (nSPS) is 13.4. The van der Waals surface area contributed by atoms with Gasteiger partial charge >= 0.3 is 5.51 Å². The number of rotatable bonds is 4. The molecular weight excluding hydrogens is 283 g/mol. The predicted molar refractivity (Wildman–Crippen MR) is 64.3 cm³/mol. The second-order valence-corrected chi connectivity index (χ2v) is 4.82. The van der Waals surface area contributed by atoms with Crippen molar-refractivity contribution in [2.75, 3.05) is 17.9 Å². The number of hydrogen-bond acceptors (Lipinski definition) is 4. The van der Waals surface area contributed by atoms with E-state index in [-0.39, 0.29) is 30.7 Å². The van der Waals surface area contributed by atoms with Gasteiger partial charge in [0.1, 0.15) is 0 Å². The quantitative estimate of drug-likeness (QED) is 0.927. The fourth-order valence-corrected chi connectivity index (χ4v) is 1.98. The first-order valence-electron chi connectivity index (χ1n) is 5.34. The van der Waals surface area contributed by atoms with Crippen LogP contribution in [0.25, 0.3) is 0 Å². The van der Waals surface area contributed by atoms with E-state index in [4.69, 9.17) is 9.47 Å². The van der Waals surface area contributed by atoms with Gasteiger partial charge in [0, 0.05) is 23.9 Å². The first kappa shape index (κ1) is 13.9. The van der Waals surface area contributed by atoms with Gasteiger partial charge < -0.3 is 14.8 Å². The summed E-state index contributed by atoms with van der Waals surface area (Å²) in [5.41, 5.74) is -3.84. The second kappa shape index (κ2) is 5.60. The molecule has 0 radical (unpaired) electrons. The fraction of sp³-hybridized carbons (Fsp3) is 0.364. The Morgan fingerprint density at radius 3 is 2.79 bits per heavy atom. The van der Waals surface area contributed by atoms with E-state index < -0.39 is 11.4 Å². The molecule has 1 aromatic carbocycles. The molecule has 104 valence electrons. The minimum atomic E-state index is -4.31. The van der Waals surface area contributed by atoms with Crippen molar-refractivity contribution in [1.29, 1.82) is 0 Å². The van der Waals surface area contributed by atoms with Crippen LogP contribution in [0.2, 0.25) is 0 Å². The largest absolute Gasteiger partial charge is 0.454 e. The summed E-state index contributed by atoms with van der Waals surface area (Å²) in [6.07, 6.45) is -0.210. The van der Waals surface area contributed by atoms with Crippen LogP contribution in [0.3, 0.4) is 0 Å². The number of carbonyl (C=O) groups is 1. The van der Waals surface area contributed by atoms with E-state index in [9.17, 15) is 18.0 Å². The number of benzene rings is 1. The first-order chi connectivity index (χ1) is 8.94. The highest BCUT2D eigenvalue weighted by atomic mass is 32.2. The molecule has 0 unspecified atom stereocenters. The van der Waals surface area contributed by atoms with Crippen LogP contribution in [0.4, 0.5) is 18.9 Å². The van der Waals surface area contributed by atoms with E-state index in [1.807, 2.05) is 0 Å². The molecule has 1 heterocycles. The zero-order valence-electron chi connectivity index (χ0n) is 9.62. The minimum Gasteiger partial charge on any atom is -0.454 e. The third kappa shape index (κ3) is 4.23. The Morgan fingerprint density at radius 1 is 1.32 bits per heavy atom. The van der Waals surface area contributed by atoms with Crippen molar-refractivity contribution in [3.8, 4) is 11.5 Å². The van der Waals surface area contributed by atoms with Gasteiger partial charge in [0.05, 0.1) is 0 Å². The Balaban J connectivity index is 1.82. The maximum Gasteiger partial charge on any atom is 0.441 e. The number of halogens is 3. The van der Waals surface area contributed by atoms with Gasteiger partial charge in [0.15, 0.2) is 11.5 Å². The number of nitrogens with one attached hydrogen (secondary N) is 1. The summed E-state index contributed by atoms with van der Waals surface area (Å²) < 4.78 is 45.9. The van der Waals surface area contributed by atoms with Gasteiger partial charge in [-0.25, -0.2) is 0 Å². The Hall–Kier alpha value is -1.57. The molecule has 0 aromatic heterocycles. The van der Waals surface area contributed by atoms with Crippen LogP contribution in [-0.4, -0.2) is 24.0 Å². The molecule has 8 heteroatoms. The van der Waals surface area contributed by atoms with E-state index in [1.54, 1.807) is 18.2 Å². The zero-order chi connectivity index (χ0) is 13.9. The maximum absolute atomic E-state index is 11.9. The van der Waals surface area contributed by atoms with Crippen LogP contribution >= 0.6 is 11.8 Å². The lowest BCUT2D eigenvalue weighted by molar-refractivity contribution is -0.115. The molecule has 0 aliphatic carbocycles. The van der Waals surface area contributed by atoms with E-state index in [0.717, 1.165) is 0 Å². The highest BCUT2D eigenvalue weighted by Crippen LogP contribution is 2.34. The molecule has 2 rings (SSSR count). The standard InChI is InChI=1S/C11H10F3NO3S/c12-11(13,14)19-4-3-10(16)15-7-1-2-8-9(5-7)18-6-17-8/h1-2,5H,3-4,6H2,(H,15,16). The third-order valence-electron chi connectivity index (χ3n) is 2.25. The topological polar surface area (TPSA) is 47.6 Å². The molecule has 0 saturated heterocycles. The average molecular weight is 293 g/mol. The van der Waals surface area contributed by atoms with E-state index >= 15 is 0 Å². The molecule has 1 N–H and O–H groups in total. The number of anilines is 1. The molecule has 4 nitrogen and oxygen atoms in total. The molecule has 0 bridgehead atoms. The van der Waals surface area contributed by atoms with Crippen molar-refractivity contribution < 1.29 is 27.4 Å². The Labute approximate surface area is 111 Å². The number of thioether (sulfide) groups is 1. The molecular formula is C11H10F3NO3S. The van der Waals surface area contributed by atoms with Crippen molar-refractivity contribution in [3.05, 3.63) is 18.2 Å². The Morgan fingerprint density at radius 2 is 2.05 bits per heavy atom. The molecule has 0 spiro atoms. The second-order valence-electron chi connectivity index (χ2n) is 3.66. The maximum atomic E-state index is 11.9. The molecule has 0 saturated carbocycles. The van der Waals surface area contributed by atoms with Crippen LogP contribution in [0, 0.1) is 0 Å². The van der Waals surface area contributed by atoms with Gasteiger partial charge in [0.25, 0.3) is 0 Å². The monoisotopic (exact) mass is 293 g/mol. The molecule has 19 heavy (non-hydrogen) atoms. The van der Waals surface area contributed by atoms with Gasteiger partial charge in [-0.15, -0.1) is 0 Å². The molecule has 1 aromatic rings. The summed E-state index contributed by atoms with van der Waals surface area (Å²) in [4.78, 5) is 11.4. The number of fused-ring (bicyclic) bond motifs is 1. The van der Waals surface area contributed by atoms with Crippen LogP contribution in [-0.2, 0) is 4.79 Å². The smallest absolute Gasteiger partial charge is 0.441 e. The molecule has 1 aliphatic heterocycles. The van der Waals surface area contributed by atoms with E-state index in [0.29, 0.717) is 17.2 Å². The summed E-state index contributed by atoms with van der Waals surface area (Å²) >= 11 is -0.213. The molecule has 1 amide bonds. The van der Waals surface area contributed by atoms with Crippen LogP contribution in [0.1, 0.15) is 6.42 Å². The van der Waals surface area contributed by atoms with Crippen LogP contribution in [0.15, 0.2) is 18.2 Å². The van der Waals surface area contributed by atoms with E-state index in [2.05, 4.69) is 5.32 Å². The molecule has 0 fully saturated rings. The lowest BCUT2D eigenvalue weighted by atomic mass is 10.2. The van der Waals surface area contributed by atoms with Gasteiger partial charge in [0.2, 0.25) is 12.7 Å². The van der Waals surface area contributed by atoms with Crippen LogP contribution in [0.5, 0.6) is 11.5 Å². The van der Waals surface area contributed by atoms with Crippen molar-refractivity contribution >= 4 is 23.4 Å². The van der Waals surface area contributed by atoms with Crippen molar-refractivity contribution in [3.63, 3.8) is 0 Å². The van der Waals surface area contributed by atoms with Gasteiger partial charge in [-0.1, -0.05) is 11.8 Å². The van der Waals surface area contributed by atoms with E-state index in [1.165, 1.54) is 0 Å². The van der Waals surface area contributed by atoms with Crippen LogP contribution < -0.4 is 14.8 Å².